The molecule has 0 aliphatic carbocycles. The molecule has 2 rings (SSSR count). The Labute approximate surface area is 132 Å². The molecule has 1 N–H and O–H groups in total. The molecule has 5 heteroatoms. The van der Waals surface area contributed by atoms with E-state index in [-0.39, 0.29) is 10.6 Å². The Bertz CT molecular complexity index is 627. The summed E-state index contributed by atoms with van der Waals surface area (Å²) in [4.78, 5) is 10.5. The fourth-order valence-electron chi connectivity index (χ4n) is 2.09. The van der Waals surface area contributed by atoms with Crippen LogP contribution in [0.15, 0.2) is 46.9 Å². The zero-order valence-electron chi connectivity index (χ0n) is 11.8. The highest BCUT2D eigenvalue weighted by Crippen LogP contribution is 2.26. The van der Waals surface area contributed by atoms with Gasteiger partial charge in [-0.25, -0.2) is 0 Å². The van der Waals surface area contributed by atoms with Crippen LogP contribution < -0.4 is 5.32 Å². The van der Waals surface area contributed by atoms with Crippen LogP contribution in [0.4, 0.5) is 11.4 Å². The Morgan fingerprint density at radius 3 is 2.43 bits per heavy atom. The molecule has 0 aromatic heterocycles. The first-order valence-electron chi connectivity index (χ1n) is 6.85. The molecular weight excluding hydrogens is 332 g/mol. The van der Waals surface area contributed by atoms with Gasteiger partial charge in [0.2, 0.25) is 0 Å². The normalized spacial score (nSPS) is 10.4. The highest BCUT2D eigenvalue weighted by atomic mass is 79.9. The predicted molar refractivity (Wildman–Crippen MR) is 88.6 cm³/mol. The van der Waals surface area contributed by atoms with Crippen LogP contribution in [0, 0.1) is 10.1 Å². The van der Waals surface area contributed by atoms with Gasteiger partial charge in [-0.1, -0.05) is 31.5 Å². The number of rotatable bonds is 6. The van der Waals surface area contributed by atoms with Crippen LogP contribution in [-0.4, -0.2) is 4.92 Å². The molecule has 2 aromatic carbocycles. The summed E-state index contributed by atoms with van der Waals surface area (Å²) in [5, 5.41) is 14.2. The second kappa shape index (κ2) is 7.22. The number of benzene rings is 2. The number of aryl methyl sites for hydroxylation is 1. The third-order valence-electron chi connectivity index (χ3n) is 3.20. The van der Waals surface area contributed by atoms with Crippen molar-refractivity contribution in [1.82, 2.24) is 0 Å². The maximum absolute atomic E-state index is 10.9. The minimum Gasteiger partial charge on any atom is -0.381 e. The van der Waals surface area contributed by atoms with Crippen LogP contribution in [0.25, 0.3) is 0 Å². The molecule has 0 bridgehead atoms. The average molecular weight is 349 g/mol. The predicted octanol–water partition coefficient (Wildman–Crippen LogP) is 4.92. The molecule has 2 aromatic rings. The van der Waals surface area contributed by atoms with Crippen molar-refractivity contribution in [2.24, 2.45) is 0 Å². The van der Waals surface area contributed by atoms with E-state index in [1.54, 1.807) is 12.1 Å². The summed E-state index contributed by atoms with van der Waals surface area (Å²) in [6.07, 6.45) is 2.22. The number of halogens is 1. The van der Waals surface area contributed by atoms with Gasteiger partial charge in [0.25, 0.3) is 5.69 Å². The second-order valence-electron chi connectivity index (χ2n) is 4.84. The molecule has 0 fully saturated rings. The largest absolute Gasteiger partial charge is 0.381 e. The molecule has 0 aliphatic heterocycles. The van der Waals surface area contributed by atoms with E-state index in [1.165, 1.54) is 5.56 Å². The van der Waals surface area contributed by atoms with E-state index in [4.69, 9.17) is 0 Å². The van der Waals surface area contributed by atoms with Crippen molar-refractivity contribution in [2.75, 3.05) is 5.32 Å². The van der Waals surface area contributed by atoms with E-state index in [9.17, 15) is 10.1 Å². The summed E-state index contributed by atoms with van der Waals surface area (Å²) in [7, 11) is 0. The molecule has 0 atom stereocenters. The van der Waals surface area contributed by atoms with E-state index in [0.717, 1.165) is 24.1 Å². The quantitative estimate of drug-likeness (QED) is 0.595. The summed E-state index contributed by atoms with van der Waals surface area (Å²) in [5.41, 5.74) is 3.30. The number of nitro groups is 1. The number of anilines is 1. The molecule has 21 heavy (non-hydrogen) atoms. The number of nitro benzene ring substituents is 1. The fourth-order valence-corrected chi connectivity index (χ4v) is 2.48. The van der Waals surface area contributed by atoms with Gasteiger partial charge in [0.1, 0.15) is 0 Å². The first-order chi connectivity index (χ1) is 10.1. The monoisotopic (exact) mass is 348 g/mol. The van der Waals surface area contributed by atoms with Crippen molar-refractivity contribution in [3.63, 3.8) is 0 Å². The molecule has 0 unspecified atom stereocenters. The van der Waals surface area contributed by atoms with Crippen molar-refractivity contribution in [3.8, 4) is 0 Å². The number of hydrogen-bond acceptors (Lipinski definition) is 3. The number of hydrogen-bond donors (Lipinski definition) is 1. The lowest BCUT2D eigenvalue weighted by atomic mass is 10.1. The van der Waals surface area contributed by atoms with Crippen LogP contribution >= 0.6 is 15.9 Å². The molecule has 0 saturated heterocycles. The van der Waals surface area contributed by atoms with Gasteiger partial charge in [-0.15, -0.1) is 0 Å². The van der Waals surface area contributed by atoms with Gasteiger partial charge in [-0.2, -0.15) is 0 Å². The van der Waals surface area contributed by atoms with E-state index in [0.29, 0.717) is 11.0 Å². The van der Waals surface area contributed by atoms with Crippen molar-refractivity contribution in [3.05, 3.63) is 68.2 Å². The molecule has 0 aliphatic rings. The van der Waals surface area contributed by atoms with E-state index >= 15 is 0 Å². The highest BCUT2D eigenvalue weighted by molar-refractivity contribution is 9.10. The molecule has 4 nitrogen and oxygen atoms in total. The van der Waals surface area contributed by atoms with Crippen LogP contribution in [0.1, 0.15) is 24.5 Å². The van der Waals surface area contributed by atoms with Crippen LogP contribution in [0.5, 0.6) is 0 Å². The standard InChI is InChI=1S/C16H17BrN2O2/c1-2-3-12-4-7-14(8-5-12)18-11-13-6-9-15(17)16(10-13)19(20)21/h4-10,18H,2-3,11H2,1H3. The van der Waals surface area contributed by atoms with Gasteiger partial charge in [0, 0.05) is 18.3 Å². The third kappa shape index (κ3) is 4.29. The minimum absolute atomic E-state index is 0.0904. The second-order valence-corrected chi connectivity index (χ2v) is 5.70. The number of nitrogens with one attached hydrogen (secondary N) is 1. The third-order valence-corrected chi connectivity index (χ3v) is 3.87. The Kier molecular flexibility index (Phi) is 5.33. The smallest absolute Gasteiger partial charge is 0.283 e. The summed E-state index contributed by atoms with van der Waals surface area (Å²) < 4.78 is 0.500. The maximum Gasteiger partial charge on any atom is 0.283 e. The summed E-state index contributed by atoms with van der Waals surface area (Å²) in [6, 6.07) is 13.5. The van der Waals surface area contributed by atoms with E-state index in [2.05, 4.69) is 40.3 Å². The molecule has 0 heterocycles. The molecule has 0 spiro atoms. The van der Waals surface area contributed by atoms with E-state index < -0.39 is 0 Å². The average Bonchev–Trinajstić information content (AvgIpc) is 2.48. The molecule has 0 saturated carbocycles. The van der Waals surface area contributed by atoms with Gasteiger partial charge in [0.15, 0.2) is 0 Å². The number of nitrogens with zero attached hydrogens (tertiary/aromatic N) is 1. The zero-order chi connectivity index (χ0) is 15.2. The zero-order valence-corrected chi connectivity index (χ0v) is 13.4. The molecule has 0 amide bonds. The van der Waals surface area contributed by atoms with Gasteiger partial charge >= 0.3 is 0 Å². The van der Waals surface area contributed by atoms with Crippen LogP contribution in [0.2, 0.25) is 0 Å². The van der Waals surface area contributed by atoms with Crippen LogP contribution in [0.3, 0.4) is 0 Å². The summed E-state index contributed by atoms with van der Waals surface area (Å²) in [5.74, 6) is 0. The topological polar surface area (TPSA) is 55.2 Å². The Hall–Kier alpha value is -1.88. The SMILES string of the molecule is CCCc1ccc(NCc2ccc(Br)c([N+](=O)[O-])c2)cc1. The molecule has 0 radical (unpaired) electrons. The van der Waals surface area contributed by atoms with Crippen molar-refractivity contribution < 1.29 is 4.92 Å². The van der Waals surface area contributed by atoms with Crippen LogP contribution in [-0.2, 0) is 13.0 Å². The lowest BCUT2D eigenvalue weighted by Crippen LogP contribution is -2.00. The summed E-state index contributed by atoms with van der Waals surface area (Å²) in [6.45, 7) is 2.72. The highest BCUT2D eigenvalue weighted by Gasteiger charge is 2.11. The maximum atomic E-state index is 10.9. The lowest BCUT2D eigenvalue weighted by Gasteiger charge is -2.08. The van der Waals surface area contributed by atoms with Gasteiger partial charge in [0.05, 0.1) is 9.40 Å². The van der Waals surface area contributed by atoms with Gasteiger partial charge < -0.3 is 5.32 Å². The van der Waals surface area contributed by atoms with Gasteiger partial charge in [-0.05, 0) is 51.7 Å². The molecule has 110 valence electrons. The van der Waals surface area contributed by atoms with Crippen molar-refractivity contribution >= 4 is 27.3 Å². The van der Waals surface area contributed by atoms with Crippen molar-refractivity contribution in [2.45, 2.75) is 26.3 Å². The Balaban J connectivity index is 2.02. The Morgan fingerprint density at radius 2 is 1.81 bits per heavy atom. The lowest BCUT2D eigenvalue weighted by molar-refractivity contribution is -0.385. The first kappa shape index (κ1) is 15.5. The minimum atomic E-state index is -0.382. The molecular formula is C16H17BrN2O2. The first-order valence-corrected chi connectivity index (χ1v) is 7.65. The van der Waals surface area contributed by atoms with E-state index in [1.807, 2.05) is 18.2 Å². The Morgan fingerprint density at radius 1 is 1.14 bits per heavy atom. The van der Waals surface area contributed by atoms with Gasteiger partial charge in [-0.3, -0.25) is 10.1 Å². The van der Waals surface area contributed by atoms with Crippen molar-refractivity contribution in [1.29, 1.82) is 0 Å². The summed E-state index contributed by atoms with van der Waals surface area (Å²) >= 11 is 3.19. The fraction of sp³-hybridized carbons (Fsp3) is 0.250.